The Bertz CT molecular complexity index is 2110. The second kappa shape index (κ2) is 15.9. The number of fused-ring (bicyclic) bond motifs is 5. The average molecular weight is 645 g/mol. The Morgan fingerprint density at radius 1 is 0.646 bits per heavy atom. The van der Waals surface area contributed by atoms with Crippen molar-refractivity contribution >= 4 is 37.6 Å². The molecule has 6 aromatic carbocycles. The molecule has 1 heterocycles. The molecule has 0 spiro atoms. The van der Waals surface area contributed by atoms with Gasteiger partial charge in [-0.05, 0) is 83.3 Å². The molecule has 1 atom stereocenters. The maximum Gasteiger partial charge on any atom is 0.0551 e. The van der Waals surface area contributed by atoms with Crippen LogP contribution in [0.1, 0.15) is 53.6 Å². The van der Waals surface area contributed by atoms with Crippen LogP contribution in [0.3, 0.4) is 0 Å². The molecule has 1 unspecified atom stereocenters. The monoisotopic (exact) mass is 644 g/mol. The van der Waals surface area contributed by atoms with Crippen LogP contribution in [0.5, 0.6) is 0 Å². The van der Waals surface area contributed by atoms with E-state index in [-0.39, 0.29) is 6.04 Å². The highest BCUT2D eigenvalue weighted by Crippen LogP contribution is 2.43. The molecule has 2 nitrogen and oxygen atoms in total. The van der Waals surface area contributed by atoms with Crippen molar-refractivity contribution in [1.29, 1.82) is 0 Å². The first-order chi connectivity index (χ1) is 23.6. The largest absolute Gasteiger partial charge is 0.330 e. The van der Waals surface area contributed by atoms with Crippen LogP contribution < -0.4 is 11.5 Å². The Balaban J connectivity index is 0.000000196. The summed E-state index contributed by atoms with van der Waals surface area (Å²) in [6, 6.07) is 49.2. The van der Waals surface area contributed by atoms with Gasteiger partial charge >= 0.3 is 0 Å². The van der Waals surface area contributed by atoms with E-state index in [1.54, 1.807) is 0 Å². The summed E-state index contributed by atoms with van der Waals surface area (Å²) >= 11 is 1.94. The van der Waals surface area contributed by atoms with E-state index in [1.807, 2.05) is 35.6 Å². The molecule has 240 valence electrons. The Kier molecular flexibility index (Phi) is 10.9. The highest BCUT2D eigenvalue weighted by molar-refractivity contribution is 7.26. The molecule has 0 radical (unpaired) electrons. The van der Waals surface area contributed by atoms with Gasteiger partial charge in [-0.15, -0.1) is 11.3 Å². The maximum absolute atomic E-state index is 6.61. The van der Waals surface area contributed by atoms with Crippen LogP contribution in [-0.2, 0) is 6.42 Å². The van der Waals surface area contributed by atoms with Gasteiger partial charge in [0.15, 0.2) is 0 Å². The lowest BCUT2D eigenvalue weighted by molar-refractivity contribution is 0.872. The van der Waals surface area contributed by atoms with Crippen LogP contribution in [0.25, 0.3) is 48.5 Å². The second-order valence-electron chi connectivity index (χ2n) is 12.3. The summed E-state index contributed by atoms with van der Waals surface area (Å²) in [4.78, 5) is 0. The molecule has 0 bridgehead atoms. The van der Waals surface area contributed by atoms with E-state index in [1.165, 1.54) is 59.1 Å². The molecule has 0 aliphatic heterocycles. The van der Waals surface area contributed by atoms with Gasteiger partial charge in [-0.3, -0.25) is 0 Å². The number of thiophene rings is 1. The van der Waals surface area contributed by atoms with Crippen molar-refractivity contribution in [1.82, 2.24) is 0 Å². The smallest absolute Gasteiger partial charge is 0.0551 e. The molecule has 4 N–H and O–H groups in total. The molecule has 0 fully saturated rings. The Morgan fingerprint density at radius 3 is 2.00 bits per heavy atom. The number of aryl methyl sites for hydroxylation is 2. The van der Waals surface area contributed by atoms with Crippen LogP contribution >= 0.6 is 11.3 Å². The number of hydrogen-bond donors (Lipinski definition) is 2. The number of benzene rings is 6. The van der Waals surface area contributed by atoms with Gasteiger partial charge in [0.25, 0.3) is 0 Å². The quantitative estimate of drug-likeness (QED) is 0.196. The first kappa shape index (κ1) is 33.1. The molecule has 0 saturated carbocycles. The Labute approximate surface area is 289 Å². The summed E-state index contributed by atoms with van der Waals surface area (Å²) in [7, 11) is 0. The van der Waals surface area contributed by atoms with Gasteiger partial charge in [0.05, 0.1) is 6.04 Å². The number of nitrogens with two attached hydrogens (primary N) is 2. The molecule has 1 aliphatic carbocycles. The standard InChI is InChI=1S/C29H23NS.C13H12.C3H9N/c30-27(20-9-2-1-3-10-20)22-12-6-11-21(18-22)24-14-7-15-25-26-17-16-19-8-4-5-13-23(19)28(26)31-29(24)25;1-11-7-9-13(10-8-11)12-5-3-2-4-6-12;1-2-3-4/h1-4,6-12,14-18,27H,5,13,30H2;2-10H,1H3;2-4H2,1H3. The van der Waals surface area contributed by atoms with E-state index in [0.717, 1.165) is 36.9 Å². The molecule has 7 aromatic rings. The summed E-state index contributed by atoms with van der Waals surface area (Å²) in [5, 5.41) is 2.74. The molecule has 48 heavy (non-hydrogen) atoms. The Morgan fingerprint density at radius 2 is 1.27 bits per heavy atom. The van der Waals surface area contributed by atoms with Crippen LogP contribution in [0.2, 0.25) is 0 Å². The lowest BCUT2D eigenvalue weighted by Crippen LogP contribution is -2.11. The van der Waals surface area contributed by atoms with Crippen molar-refractivity contribution in [2.24, 2.45) is 11.5 Å². The predicted octanol–water partition coefficient (Wildman–Crippen LogP) is 11.7. The zero-order valence-corrected chi connectivity index (χ0v) is 28.7. The summed E-state index contributed by atoms with van der Waals surface area (Å²) in [6.45, 7) is 4.98. The molecule has 1 aromatic heterocycles. The number of hydrogen-bond acceptors (Lipinski definition) is 3. The highest BCUT2D eigenvalue weighted by Gasteiger charge is 2.17. The fourth-order valence-corrected chi connectivity index (χ4v) is 7.56. The molecular weight excluding hydrogens is 601 g/mol. The normalized spacial score (nSPS) is 12.4. The lowest BCUT2D eigenvalue weighted by atomic mass is 9.94. The summed E-state index contributed by atoms with van der Waals surface area (Å²) in [5.74, 6) is 0. The van der Waals surface area contributed by atoms with Crippen LogP contribution in [-0.4, -0.2) is 6.54 Å². The van der Waals surface area contributed by atoms with Crippen molar-refractivity contribution in [3.05, 3.63) is 173 Å². The fourth-order valence-electron chi connectivity index (χ4n) is 6.14. The Hall–Kier alpha value is -4.80. The van der Waals surface area contributed by atoms with Gasteiger partial charge in [-0.1, -0.05) is 158 Å². The minimum atomic E-state index is -0.124. The van der Waals surface area contributed by atoms with Crippen molar-refractivity contribution in [2.45, 2.75) is 39.2 Å². The zero-order chi connectivity index (χ0) is 33.3. The maximum atomic E-state index is 6.61. The minimum absolute atomic E-state index is 0.124. The lowest BCUT2D eigenvalue weighted by Gasteiger charge is -2.14. The van der Waals surface area contributed by atoms with E-state index in [0.29, 0.717) is 0 Å². The molecule has 0 saturated heterocycles. The molecule has 0 amide bonds. The number of rotatable bonds is 5. The predicted molar refractivity (Wildman–Crippen MR) is 211 cm³/mol. The van der Waals surface area contributed by atoms with E-state index in [2.05, 4.69) is 141 Å². The van der Waals surface area contributed by atoms with Gasteiger partial charge in [-0.25, -0.2) is 0 Å². The topological polar surface area (TPSA) is 52.0 Å². The first-order valence-electron chi connectivity index (χ1n) is 16.9. The zero-order valence-electron chi connectivity index (χ0n) is 27.9. The van der Waals surface area contributed by atoms with Crippen molar-refractivity contribution in [3.63, 3.8) is 0 Å². The minimum Gasteiger partial charge on any atom is -0.330 e. The molecule has 3 heteroatoms. The molecule has 8 rings (SSSR count). The van der Waals surface area contributed by atoms with E-state index >= 15 is 0 Å². The van der Waals surface area contributed by atoms with Crippen molar-refractivity contribution in [3.8, 4) is 22.3 Å². The molecule has 1 aliphatic rings. The van der Waals surface area contributed by atoms with E-state index in [4.69, 9.17) is 11.5 Å². The van der Waals surface area contributed by atoms with E-state index in [9.17, 15) is 0 Å². The summed E-state index contributed by atoms with van der Waals surface area (Å²) in [5.41, 5.74) is 23.2. The van der Waals surface area contributed by atoms with Gasteiger partial charge in [0.1, 0.15) is 0 Å². The summed E-state index contributed by atoms with van der Waals surface area (Å²) in [6.07, 6.45) is 7.92. The van der Waals surface area contributed by atoms with Gasteiger partial charge in [-0.2, -0.15) is 0 Å². The van der Waals surface area contributed by atoms with Crippen LogP contribution in [0.4, 0.5) is 0 Å². The van der Waals surface area contributed by atoms with E-state index < -0.39 is 0 Å². The third kappa shape index (κ3) is 7.50. The fraction of sp³-hybridized carbons (Fsp3) is 0.156. The van der Waals surface area contributed by atoms with Crippen LogP contribution in [0, 0.1) is 6.92 Å². The third-order valence-electron chi connectivity index (χ3n) is 8.83. The van der Waals surface area contributed by atoms with Crippen molar-refractivity contribution in [2.75, 3.05) is 6.54 Å². The third-order valence-corrected chi connectivity index (χ3v) is 10.1. The summed E-state index contributed by atoms with van der Waals surface area (Å²) < 4.78 is 2.81. The van der Waals surface area contributed by atoms with Crippen molar-refractivity contribution < 1.29 is 0 Å². The first-order valence-corrected chi connectivity index (χ1v) is 17.8. The van der Waals surface area contributed by atoms with Gasteiger partial charge < -0.3 is 11.5 Å². The van der Waals surface area contributed by atoms with Crippen LogP contribution in [0.15, 0.2) is 146 Å². The molecular formula is C45H44N2S. The average Bonchev–Trinajstić information content (AvgIpc) is 3.56. The number of allylic oxidation sites excluding steroid dienone is 1. The van der Waals surface area contributed by atoms with Gasteiger partial charge in [0.2, 0.25) is 0 Å². The highest BCUT2D eigenvalue weighted by atomic mass is 32.1. The van der Waals surface area contributed by atoms with Gasteiger partial charge in [0, 0.05) is 20.2 Å². The second-order valence-corrected chi connectivity index (χ2v) is 13.3. The SMILES string of the molecule is CCCN.Cc1ccc(-c2ccccc2)cc1.NC(c1ccccc1)c1cccc(-c2cccc3c2sc2c4c(ccc23)C=CCC4)c1.